The van der Waals surface area contributed by atoms with Crippen molar-refractivity contribution in [3.63, 3.8) is 0 Å². The van der Waals surface area contributed by atoms with Crippen molar-refractivity contribution < 1.29 is 9.53 Å². The summed E-state index contributed by atoms with van der Waals surface area (Å²) in [4.78, 5) is 12.0. The predicted molar refractivity (Wildman–Crippen MR) is 62.2 cm³/mol. The zero-order valence-corrected chi connectivity index (χ0v) is 10.00. The summed E-state index contributed by atoms with van der Waals surface area (Å²) in [6.07, 6.45) is 4.39. The largest absolute Gasteiger partial charge is 0.381 e. The molecule has 4 nitrogen and oxygen atoms in total. The lowest BCUT2D eigenvalue weighted by molar-refractivity contribution is -0.124. The summed E-state index contributed by atoms with van der Waals surface area (Å²) < 4.78 is 5.34. The van der Waals surface area contributed by atoms with Gasteiger partial charge in [-0.2, -0.15) is 0 Å². The van der Waals surface area contributed by atoms with Crippen molar-refractivity contribution in [2.24, 2.45) is 5.92 Å². The summed E-state index contributed by atoms with van der Waals surface area (Å²) in [5.74, 6) is 0.659. The van der Waals surface area contributed by atoms with Gasteiger partial charge in [0.2, 0.25) is 5.91 Å². The van der Waals surface area contributed by atoms with Gasteiger partial charge in [-0.1, -0.05) is 6.42 Å². The lowest BCUT2D eigenvalue weighted by Crippen LogP contribution is -2.50. The first-order valence-electron chi connectivity index (χ1n) is 6.39. The molecule has 0 radical (unpaired) electrons. The molecule has 0 aromatic heterocycles. The van der Waals surface area contributed by atoms with Crippen molar-refractivity contribution >= 4 is 5.91 Å². The number of hydrogen-bond acceptors (Lipinski definition) is 3. The molecule has 2 N–H and O–H groups in total. The highest BCUT2D eigenvalue weighted by Crippen LogP contribution is 2.17. The molecular formula is C12H22N2O2. The fraction of sp³-hybridized carbons (Fsp3) is 0.917. The molecule has 2 aliphatic rings. The first-order chi connectivity index (χ1) is 7.77. The average Bonchev–Trinajstić information content (AvgIpc) is 2.83. The first-order valence-corrected chi connectivity index (χ1v) is 6.39. The molecule has 2 fully saturated rings. The molecule has 4 heteroatoms. The van der Waals surface area contributed by atoms with E-state index in [4.69, 9.17) is 4.74 Å². The van der Waals surface area contributed by atoms with Crippen LogP contribution in [0.15, 0.2) is 0 Å². The smallest absolute Gasteiger partial charge is 0.237 e. The Hall–Kier alpha value is -0.610. The Kier molecular flexibility index (Phi) is 4.18. The number of rotatable bonds is 3. The highest BCUT2D eigenvalue weighted by atomic mass is 16.5. The molecule has 92 valence electrons. The van der Waals surface area contributed by atoms with Crippen LogP contribution < -0.4 is 10.6 Å². The summed E-state index contributed by atoms with van der Waals surface area (Å²) >= 11 is 0. The number of carbonyl (C=O) groups is 1. The zero-order valence-electron chi connectivity index (χ0n) is 10.00. The topological polar surface area (TPSA) is 50.4 Å². The van der Waals surface area contributed by atoms with Crippen molar-refractivity contribution in [3.05, 3.63) is 0 Å². The van der Waals surface area contributed by atoms with Crippen LogP contribution in [0, 0.1) is 5.92 Å². The minimum absolute atomic E-state index is 0.0264. The van der Waals surface area contributed by atoms with E-state index in [9.17, 15) is 4.79 Å². The Balaban J connectivity index is 1.76. The second-order valence-corrected chi connectivity index (χ2v) is 4.92. The van der Waals surface area contributed by atoms with Gasteiger partial charge in [0.05, 0.1) is 12.6 Å². The monoisotopic (exact) mass is 226 g/mol. The molecular weight excluding hydrogens is 204 g/mol. The minimum atomic E-state index is 0.0264. The van der Waals surface area contributed by atoms with Gasteiger partial charge in [-0.25, -0.2) is 0 Å². The van der Waals surface area contributed by atoms with Crippen molar-refractivity contribution in [1.82, 2.24) is 10.6 Å². The van der Waals surface area contributed by atoms with E-state index in [1.54, 1.807) is 0 Å². The number of piperidine rings is 1. The Bertz CT molecular complexity index is 233. The fourth-order valence-electron chi connectivity index (χ4n) is 2.47. The Labute approximate surface area is 97.1 Å². The quantitative estimate of drug-likeness (QED) is 0.743. The maximum atomic E-state index is 12.0. The summed E-state index contributed by atoms with van der Waals surface area (Å²) in [6.45, 7) is 4.69. The number of nitrogens with one attached hydrogen (secondary N) is 2. The molecule has 0 aromatic rings. The summed E-state index contributed by atoms with van der Waals surface area (Å²) in [5, 5.41) is 6.38. The molecule has 1 amide bonds. The fourth-order valence-corrected chi connectivity index (χ4v) is 2.47. The molecule has 0 spiro atoms. The van der Waals surface area contributed by atoms with Gasteiger partial charge in [0, 0.05) is 18.6 Å². The molecule has 0 aromatic carbocycles. The van der Waals surface area contributed by atoms with Gasteiger partial charge in [-0.3, -0.25) is 4.79 Å². The standard InChI is InChI=1S/C12H22N2O2/c1-9(10-5-7-16-8-10)14-12(15)11-4-2-3-6-13-11/h9-11,13H,2-8H2,1H3,(H,14,15). The number of ether oxygens (including phenoxy) is 1. The van der Waals surface area contributed by atoms with Crippen LogP contribution in [0.5, 0.6) is 0 Å². The van der Waals surface area contributed by atoms with Crippen molar-refractivity contribution in [2.45, 2.75) is 44.7 Å². The van der Waals surface area contributed by atoms with Gasteiger partial charge >= 0.3 is 0 Å². The number of amides is 1. The number of hydrogen-bond donors (Lipinski definition) is 2. The highest BCUT2D eigenvalue weighted by Gasteiger charge is 2.26. The normalized spacial score (nSPS) is 32.3. The van der Waals surface area contributed by atoms with Gasteiger partial charge in [0.15, 0.2) is 0 Å². The number of carbonyl (C=O) groups excluding carboxylic acids is 1. The van der Waals surface area contributed by atoms with Gasteiger partial charge in [-0.15, -0.1) is 0 Å². The SMILES string of the molecule is CC(NC(=O)C1CCCCN1)C1CCOC1. The maximum Gasteiger partial charge on any atom is 0.237 e. The third-order valence-electron chi connectivity index (χ3n) is 3.67. The molecule has 0 saturated carbocycles. The third kappa shape index (κ3) is 2.95. The van der Waals surface area contributed by atoms with Crippen LogP contribution in [0.3, 0.4) is 0 Å². The first kappa shape index (κ1) is 11.9. The van der Waals surface area contributed by atoms with Gasteiger partial charge in [0.25, 0.3) is 0 Å². The molecule has 2 aliphatic heterocycles. The van der Waals surface area contributed by atoms with Crippen LogP contribution in [-0.4, -0.2) is 37.7 Å². The van der Waals surface area contributed by atoms with Gasteiger partial charge in [-0.05, 0) is 32.7 Å². The van der Waals surface area contributed by atoms with Crippen LogP contribution in [0.4, 0.5) is 0 Å². The van der Waals surface area contributed by atoms with Crippen LogP contribution in [0.25, 0.3) is 0 Å². The van der Waals surface area contributed by atoms with E-state index in [2.05, 4.69) is 17.6 Å². The van der Waals surface area contributed by atoms with Crippen LogP contribution >= 0.6 is 0 Å². The third-order valence-corrected chi connectivity index (χ3v) is 3.67. The van der Waals surface area contributed by atoms with Crippen LogP contribution in [-0.2, 0) is 9.53 Å². The van der Waals surface area contributed by atoms with Gasteiger partial charge < -0.3 is 15.4 Å². The molecule has 0 bridgehead atoms. The van der Waals surface area contributed by atoms with Crippen molar-refractivity contribution in [3.8, 4) is 0 Å². The lowest BCUT2D eigenvalue weighted by Gasteiger charge is -2.26. The molecule has 16 heavy (non-hydrogen) atoms. The molecule has 0 aliphatic carbocycles. The van der Waals surface area contributed by atoms with E-state index in [-0.39, 0.29) is 18.0 Å². The van der Waals surface area contributed by atoms with Gasteiger partial charge in [0.1, 0.15) is 0 Å². The Morgan fingerprint density at radius 3 is 2.94 bits per heavy atom. The van der Waals surface area contributed by atoms with Crippen molar-refractivity contribution in [2.75, 3.05) is 19.8 Å². The molecule has 2 rings (SSSR count). The minimum Gasteiger partial charge on any atom is -0.381 e. The second-order valence-electron chi connectivity index (χ2n) is 4.92. The molecule has 3 unspecified atom stereocenters. The lowest BCUT2D eigenvalue weighted by atomic mass is 9.99. The summed E-state index contributed by atoms with van der Waals surface area (Å²) in [5.41, 5.74) is 0. The van der Waals surface area contributed by atoms with Crippen molar-refractivity contribution in [1.29, 1.82) is 0 Å². The predicted octanol–water partition coefficient (Wildman–Crippen LogP) is 0.670. The Morgan fingerprint density at radius 1 is 1.44 bits per heavy atom. The maximum absolute atomic E-state index is 12.0. The van der Waals surface area contributed by atoms with E-state index >= 15 is 0 Å². The molecule has 2 saturated heterocycles. The van der Waals surface area contributed by atoms with E-state index in [0.717, 1.165) is 39.0 Å². The Morgan fingerprint density at radius 2 is 2.31 bits per heavy atom. The molecule has 2 heterocycles. The zero-order chi connectivity index (χ0) is 11.4. The van der Waals surface area contributed by atoms with Crippen LogP contribution in [0.1, 0.15) is 32.6 Å². The van der Waals surface area contributed by atoms with Crippen LogP contribution in [0.2, 0.25) is 0 Å². The second kappa shape index (κ2) is 5.64. The van der Waals surface area contributed by atoms with E-state index in [1.165, 1.54) is 6.42 Å². The van der Waals surface area contributed by atoms with E-state index in [1.807, 2.05) is 0 Å². The van der Waals surface area contributed by atoms with E-state index in [0.29, 0.717) is 5.92 Å². The summed E-state index contributed by atoms with van der Waals surface area (Å²) in [7, 11) is 0. The molecule has 3 atom stereocenters. The van der Waals surface area contributed by atoms with E-state index < -0.39 is 0 Å². The average molecular weight is 226 g/mol. The summed E-state index contributed by atoms with van der Waals surface area (Å²) in [6, 6.07) is 0.261. The highest BCUT2D eigenvalue weighted by molar-refractivity contribution is 5.82.